The van der Waals surface area contributed by atoms with Crippen LogP contribution in [0, 0.1) is 24.6 Å². The maximum atomic E-state index is 15.0. The van der Waals surface area contributed by atoms with Crippen molar-refractivity contribution in [3.05, 3.63) is 76.5 Å². The molecule has 11 heteroatoms. The van der Waals surface area contributed by atoms with Crippen LogP contribution in [0.3, 0.4) is 0 Å². The molecular weight excluding hydrogens is 589 g/mol. The summed E-state index contributed by atoms with van der Waals surface area (Å²) in [4.78, 5) is 67.7. The SMILES string of the molecule is CC(C)=C(/C(C=O)=C(/Nc1ccc(C)cc1F)N(C)C=O)N(C(=O)N(C)C1CC1)c1cccc(NC(=O)C2CCC(C=O)CC2)c1. The van der Waals surface area contributed by atoms with Crippen molar-refractivity contribution in [2.24, 2.45) is 11.8 Å². The van der Waals surface area contributed by atoms with Gasteiger partial charge in [0.2, 0.25) is 12.3 Å². The number of anilines is 3. The van der Waals surface area contributed by atoms with Gasteiger partial charge >= 0.3 is 6.03 Å². The number of nitrogens with one attached hydrogen (secondary N) is 2. The molecular formula is C35H42FN5O5. The number of amides is 4. The highest BCUT2D eigenvalue weighted by Gasteiger charge is 2.36. The van der Waals surface area contributed by atoms with Crippen LogP contribution in [0.5, 0.6) is 0 Å². The van der Waals surface area contributed by atoms with Gasteiger partial charge in [0.05, 0.1) is 22.6 Å². The Kier molecular flexibility index (Phi) is 11.1. The lowest BCUT2D eigenvalue weighted by atomic mass is 9.82. The highest BCUT2D eigenvalue weighted by Crippen LogP contribution is 2.35. The zero-order valence-electron chi connectivity index (χ0n) is 27.0. The Morgan fingerprint density at radius 2 is 1.61 bits per heavy atom. The predicted molar refractivity (Wildman–Crippen MR) is 175 cm³/mol. The Morgan fingerprint density at radius 1 is 0.913 bits per heavy atom. The second-order valence-corrected chi connectivity index (χ2v) is 12.3. The van der Waals surface area contributed by atoms with Gasteiger partial charge in [0.25, 0.3) is 0 Å². The number of benzene rings is 2. The standard InChI is InChI=1S/C35H42FN5O5/c1-22(2)32(29(20-43)33(39(4)21-44)38-31-16-9-23(3)17-30(31)36)41(35(46)40(5)27-14-15-27)28-8-6-7-26(18-28)37-34(45)25-12-10-24(19-42)11-13-25/h6-9,16-21,24-25,27,38H,10-15H2,1-5H3,(H,37,45)/b33-29-. The fourth-order valence-electron chi connectivity index (χ4n) is 5.68. The summed E-state index contributed by atoms with van der Waals surface area (Å²) < 4.78 is 15.0. The molecule has 0 aliphatic heterocycles. The molecule has 2 aliphatic carbocycles. The smallest absolute Gasteiger partial charge is 0.329 e. The average molecular weight is 632 g/mol. The summed E-state index contributed by atoms with van der Waals surface area (Å²) in [7, 11) is 3.12. The van der Waals surface area contributed by atoms with E-state index in [2.05, 4.69) is 10.6 Å². The number of aryl methyl sites for hydroxylation is 1. The van der Waals surface area contributed by atoms with Crippen LogP contribution in [0.1, 0.15) is 57.9 Å². The summed E-state index contributed by atoms with van der Waals surface area (Å²) in [5, 5.41) is 5.87. The van der Waals surface area contributed by atoms with E-state index >= 15 is 0 Å². The monoisotopic (exact) mass is 631 g/mol. The van der Waals surface area contributed by atoms with Crippen LogP contribution >= 0.6 is 0 Å². The molecule has 244 valence electrons. The lowest BCUT2D eigenvalue weighted by molar-refractivity contribution is -0.122. The van der Waals surface area contributed by atoms with E-state index in [4.69, 9.17) is 0 Å². The first-order valence-electron chi connectivity index (χ1n) is 15.5. The van der Waals surface area contributed by atoms with Gasteiger partial charge in [0, 0.05) is 37.7 Å². The summed E-state index contributed by atoms with van der Waals surface area (Å²) in [6.45, 7) is 5.22. The van der Waals surface area contributed by atoms with E-state index in [0.29, 0.717) is 60.9 Å². The van der Waals surface area contributed by atoms with Gasteiger partial charge < -0.3 is 25.2 Å². The van der Waals surface area contributed by atoms with E-state index in [1.807, 2.05) is 0 Å². The molecule has 0 unspecified atom stereocenters. The van der Waals surface area contributed by atoms with Gasteiger partial charge in [-0.2, -0.15) is 0 Å². The minimum atomic E-state index is -0.578. The summed E-state index contributed by atoms with van der Waals surface area (Å²) >= 11 is 0. The number of hydrogen-bond donors (Lipinski definition) is 2. The number of nitrogens with zero attached hydrogens (tertiary/aromatic N) is 3. The van der Waals surface area contributed by atoms with Crippen LogP contribution in [-0.2, 0) is 19.2 Å². The molecule has 0 aromatic heterocycles. The lowest BCUT2D eigenvalue weighted by Crippen LogP contribution is -2.43. The molecule has 10 nitrogen and oxygen atoms in total. The first-order chi connectivity index (χ1) is 22.0. The number of aldehydes is 2. The van der Waals surface area contributed by atoms with E-state index in [1.54, 1.807) is 63.1 Å². The molecule has 2 N–H and O–H groups in total. The number of carbonyl (C=O) groups is 5. The van der Waals surface area contributed by atoms with Gasteiger partial charge in [-0.25, -0.2) is 9.18 Å². The quantitative estimate of drug-likeness (QED) is 0.168. The Balaban J connectivity index is 1.79. The highest BCUT2D eigenvalue weighted by atomic mass is 19.1. The molecule has 2 aromatic carbocycles. The number of halogens is 1. The Morgan fingerprint density at radius 3 is 2.17 bits per heavy atom. The van der Waals surface area contributed by atoms with Gasteiger partial charge in [0.15, 0.2) is 6.29 Å². The van der Waals surface area contributed by atoms with E-state index in [9.17, 15) is 28.4 Å². The van der Waals surface area contributed by atoms with Crippen LogP contribution in [-0.4, -0.2) is 60.9 Å². The molecule has 0 heterocycles. The summed E-state index contributed by atoms with van der Waals surface area (Å²) in [6.07, 6.45) is 6.22. The average Bonchev–Trinajstić information content (AvgIpc) is 3.90. The number of hydrogen-bond acceptors (Lipinski definition) is 6. The fraction of sp³-hybridized carbons (Fsp3) is 0.400. The zero-order valence-corrected chi connectivity index (χ0v) is 27.0. The molecule has 0 bridgehead atoms. The summed E-state index contributed by atoms with van der Waals surface area (Å²) in [6, 6.07) is 10.9. The fourth-order valence-corrected chi connectivity index (χ4v) is 5.68. The number of rotatable bonds is 12. The summed E-state index contributed by atoms with van der Waals surface area (Å²) in [5.41, 5.74) is 2.30. The van der Waals surface area contributed by atoms with Crippen LogP contribution in [0.25, 0.3) is 0 Å². The normalized spacial score (nSPS) is 18.0. The molecule has 0 spiro atoms. The second kappa shape index (κ2) is 15.0. The Labute approximate surface area is 269 Å². The molecule has 0 saturated heterocycles. The van der Waals surface area contributed by atoms with Crippen molar-refractivity contribution in [2.45, 2.75) is 65.3 Å². The van der Waals surface area contributed by atoms with Crippen molar-refractivity contribution in [2.75, 3.05) is 29.6 Å². The largest absolute Gasteiger partial charge is 0.339 e. The molecule has 46 heavy (non-hydrogen) atoms. The number of carbonyl (C=O) groups excluding carboxylic acids is 5. The van der Waals surface area contributed by atoms with Gasteiger partial charge in [-0.3, -0.25) is 19.3 Å². The highest BCUT2D eigenvalue weighted by molar-refractivity contribution is 6.01. The molecule has 2 aliphatic rings. The van der Waals surface area contributed by atoms with E-state index in [-0.39, 0.29) is 46.6 Å². The molecule has 2 aromatic rings. The predicted octanol–water partition coefficient (Wildman–Crippen LogP) is 6.00. The molecule has 4 amide bonds. The van der Waals surface area contributed by atoms with Crippen molar-refractivity contribution in [3.8, 4) is 0 Å². The van der Waals surface area contributed by atoms with E-state index < -0.39 is 11.8 Å². The molecule has 0 atom stereocenters. The minimum absolute atomic E-state index is 0.0156. The molecule has 4 rings (SSSR count). The molecule has 2 fully saturated rings. The van der Waals surface area contributed by atoms with Gasteiger partial charge in [-0.15, -0.1) is 0 Å². The maximum Gasteiger partial charge on any atom is 0.329 e. The number of allylic oxidation sites excluding steroid dienone is 2. The van der Waals surface area contributed by atoms with E-state index in [1.165, 1.54) is 24.1 Å². The lowest BCUT2D eigenvalue weighted by Gasteiger charge is -2.33. The van der Waals surface area contributed by atoms with Gasteiger partial charge in [-0.1, -0.05) is 17.7 Å². The van der Waals surface area contributed by atoms with Gasteiger partial charge in [0.1, 0.15) is 17.9 Å². The second-order valence-electron chi connectivity index (χ2n) is 12.3. The van der Waals surface area contributed by atoms with Crippen LogP contribution in [0.4, 0.5) is 26.2 Å². The zero-order chi connectivity index (χ0) is 33.5. The maximum absolute atomic E-state index is 15.0. The third kappa shape index (κ3) is 7.88. The minimum Gasteiger partial charge on any atom is -0.339 e. The van der Waals surface area contributed by atoms with Crippen LogP contribution in [0.2, 0.25) is 0 Å². The first-order valence-corrected chi connectivity index (χ1v) is 15.5. The molecule has 0 radical (unpaired) electrons. The topological polar surface area (TPSA) is 119 Å². The Hall–Kier alpha value is -4.80. The Bertz CT molecular complexity index is 1550. The summed E-state index contributed by atoms with van der Waals surface area (Å²) in [5.74, 6) is -1.01. The molecule has 2 saturated carbocycles. The van der Waals surface area contributed by atoms with E-state index in [0.717, 1.165) is 24.0 Å². The van der Waals surface area contributed by atoms with Crippen molar-refractivity contribution in [1.82, 2.24) is 9.80 Å². The van der Waals surface area contributed by atoms with Crippen LogP contribution < -0.4 is 15.5 Å². The van der Waals surface area contributed by atoms with Crippen molar-refractivity contribution < 1.29 is 28.4 Å². The van der Waals surface area contributed by atoms with Crippen molar-refractivity contribution >= 4 is 48.0 Å². The van der Waals surface area contributed by atoms with Crippen LogP contribution in [0.15, 0.2) is 65.1 Å². The third-order valence-electron chi connectivity index (χ3n) is 8.51. The number of urea groups is 1. The van der Waals surface area contributed by atoms with Gasteiger partial charge in [-0.05, 0) is 95.2 Å². The third-order valence-corrected chi connectivity index (χ3v) is 8.51. The van der Waals surface area contributed by atoms with Crippen molar-refractivity contribution in [3.63, 3.8) is 0 Å². The first kappa shape index (κ1) is 34.1. The van der Waals surface area contributed by atoms with Crippen molar-refractivity contribution in [1.29, 1.82) is 0 Å².